The lowest BCUT2D eigenvalue weighted by Gasteiger charge is -2.13. The van der Waals surface area contributed by atoms with E-state index < -0.39 is 0 Å². The molecule has 2 heterocycles. The molecular formula is C17H21N3O. The van der Waals surface area contributed by atoms with Gasteiger partial charge in [-0.15, -0.1) is 0 Å². The molecule has 1 fully saturated rings. The molecule has 110 valence electrons. The Bertz CT molecular complexity index is 585. The molecule has 21 heavy (non-hydrogen) atoms. The maximum Gasteiger partial charge on any atom is 0.267 e. The van der Waals surface area contributed by atoms with Crippen LogP contribution in [0.15, 0.2) is 48.7 Å². The summed E-state index contributed by atoms with van der Waals surface area (Å²) in [6, 6.07) is 14.4. The van der Waals surface area contributed by atoms with Crippen molar-refractivity contribution >= 4 is 5.91 Å². The minimum atomic E-state index is 0.00429. The number of hydrogen-bond acceptors (Lipinski definition) is 2. The van der Waals surface area contributed by atoms with Crippen molar-refractivity contribution in [2.24, 2.45) is 0 Å². The quantitative estimate of drug-likeness (QED) is 0.882. The fourth-order valence-electron chi connectivity index (χ4n) is 2.78. The predicted octanol–water partition coefficient (Wildman–Crippen LogP) is 2.02. The van der Waals surface area contributed by atoms with Gasteiger partial charge in [0, 0.05) is 25.3 Å². The van der Waals surface area contributed by atoms with E-state index in [2.05, 4.69) is 22.8 Å². The van der Waals surface area contributed by atoms with E-state index in [1.165, 1.54) is 12.0 Å². The lowest BCUT2D eigenvalue weighted by atomic mass is 10.2. The highest BCUT2D eigenvalue weighted by atomic mass is 16.1. The van der Waals surface area contributed by atoms with Crippen LogP contribution in [-0.2, 0) is 6.54 Å². The maximum atomic E-state index is 12.3. The van der Waals surface area contributed by atoms with Crippen LogP contribution in [0.25, 0.3) is 0 Å². The van der Waals surface area contributed by atoms with Crippen molar-refractivity contribution in [1.29, 1.82) is 0 Å². The molecule has 0 bridgehead atoms. The van der Waals surface area contributed by atoms with Gasteiger partial charge in [0.2, 0.25) is 0 Å². The second kappa shape index (κ2) is 6.59. The van der Waals surface area contributed by atoms with Crippen LogP contribution in [0.2, 0.25) is 0 Å². The third-order valence-corrected chi connectivity index (χ3v) is 3.93. The van der Waals surface area contributed by atoms with Crippen molar-refractivity contribution in [3.05, 3.63) is 59.9 Å². The monoisotopic (exact) mass is 283 g/mol. The summed E-state index contributed by atoms with van der Waals surface area (Å²) in [6.07, 6.45) is 4.30. The fourth-order valence-corrected chi connectivity index (χ4v) is 2.78. The van der Waals surface area contributed by atoms with Gasteiger partial charge in [0.1, 0.15) is 5.69 Å². The molecule has 1 aromatic heterocycles. The molecule has 2 N–H and O–H groups in total. The number of carbonyl (C=O) groups excluding carboxylic acids is 1. The number of rotatable bonds is 5. The topological polar surface area (TPSA) is 46.1 Å². The predicted molar refractivity (Wildman–Crippen MR) is 83.3 cm³/mol. The number of carbonyl (C=O) groups is 1. The molecule has 0 radical (unpaired) electrons. The van der Waals surface area contributed by atoms with Crippen LogP contribution in [-0.4, -0.2) is 29.6 Å². The Morgan fingerprint density at radius 3 is 2.86 bits per heavy atom. The number of amides is 1. The van der Waals surface area contributed by atoms with Gasteiger partial charge in [0.15, 0.2) is 0 Å². The summed E-state index contributed by atoms with van der Waals surface area (Å²) in [5, 5.41) is 6.42. The van der Waals surface area contributed by atoms with Crippen LogP contribution >= 0.6 is 0 Å². The van der Waals surface area contributed by atoms with Gasteiger partial charge in [0.25, 0.3) is 5.91 Å². The first-order valence-corrected chi connectivity index (χ1v) is 7.53. The van der Waals surface area contributed by atoms with Gasteiger partial charge in [-0.05, 0) is 37.1 Å². The van der Waals surface area contributed by atoms with Gasteiger partial charge < -0.3 is 15.2 Å². The van der Waals surface area contributed by atoms with Crippen molar-refractivity contribution < 1.29 is 4.79 Å². The molecule has 1 aliphatic rings. The summed E-state index contributed by atoms with van der Waals surface area (Å²) in [5.74, 6) is 0.00429. The molecule has 4 nitrogen and oxygen atoms in total. The third-order valence-electron chi connectivity index (χ3n) is 3.93. The summed E-state index contributed by atoms with van der Waals surface area (Å²) < 4.78 is 1.99. The molecule has 1 unspecified atom stereocenters. The molecular weight excluding hydrogens is 262 g/mol. The Kier molecular flexibility index (Phi) is 4.36. The maximum absolute atomic E-state index is 12.3. The molecule has 1 amide bonds. The highest BCUT2D eigenvalue weighted by molar-refractivity contribution is 5.92. The molecule has 0 spiro atoms. The highest BCUT2D eigenvalue weighted by Crippen LogP contribution is 2.09. The minimum absolute atomic E-state index is 0.00429. The van der Waals surface area contributed by atoms with Gasteiger partial charge in [-0.2, -0.15) is 0 Å². The van der Waals surface area contributed by atoms with Crippen molar-refractivity contribution in [3.8, 4) is 0 Å². The van der Waals surface area contributed by atoms with Crippen LogP contribution in [0.3, 0.4) is 0 Å². The summed E-state index contributed by atoms with van der Waals surface area (Å²) in [7, 11) is 0. The van der Waals surface area contributed by atoms with Gasteiger partial charge >= 0.3 is 0 Å². The highest BCUT2D eigenvalue weighted by Gasteiger charge is 2.16. The van der Waals surface area contributed by atoms with Crippen molar-refractivity contribution in [3.63, 3.8) is 0 Å². The molecule has 1 atom stereocenters. The number of nitrogens with one attached hydrogen (secondary N) is 2. The molecule has 0 aliphatic carbocycles. The fraction of sp³-hybridized carbons (Fsp3) is 0.353. The number of nitrogens with zero attached hydrogens (tertiary/aromatic N) is 1. The minimum Gasteiger partial charge on any atom is -0.349 e. The van der Waals surface area contributed by atoms with Gasteiger partial charge in [-0.25, -0.2) is 0 Å². The molecule has 0 saturated carbocycles. The van der Waals surface area contributed by atoms with E-state index in [4.69, 9.17) is 0 Å². The Hall–Kier alpha value is -2.07. The zero-order chi connectivity index (χ0) is 14.5. The van der Waals surface area contributed by atoms with E-state index in [0.717, 1.165) is 25.2 Å². The normalized spacial score (nSPS) is 17.8. The molecule has 1 saturated heterocycles. The third kappa shape index (κ3) is 3.52. The molecule has 2 aromatic rings. The van der Waals surface area contributed by atoms with Crippen LogP contribution in [0.5, 0.6) is 0 Å². The summed E-state index contributed by atoms with van der Waals surface area (Å²) in [6.45, 7) is 2.48. The van der Waals surface area contributed by atoms with Crippen LogP contribution in [0, 0.1) is 0 Å². The Morgan fingerprint density at radius 1 is 1.24 bits per heavy atom. The first-order valence-electron chi connectivity index (χ1n) is 7.53. The van der Waals surface area contributed by atoms with Crippen LogP contribution in [0.4, 0.5) is 0 Å². The Labute approximate surface area is 125 Å². The second-order valence-electron chi connectivity index (χ2n) is 5.51. The Morgan fingerprint density at radius 2 is 2.10 bits per heavy atom. The van der Waals surface area contributed by atoms with E-state index in [-0.39, 0.29) is 5.91 Å². The van der Waals surface area contributed by atoms with Gasteiger partial charge in [0.05, 0.1) is 0 Å². The van der Waals surface area contributed by atoms with Gasteiger partial charge in [-0.3, -0.25) is 4.79 Å². The molecule has 1 aromatic carbocycles. The van der Waals surface area contributed by atoms with Crippen LogP contribution < -0.4 is 10.6 Å². The van der Waals surface area contributed by atoms with Crippen molar-refractivity contribution in [2.75, 3.05) is 13.1 Å². The van der Waals surface area contributed by atoms with Crippen molar-refractivity contribution in [2.45, 2.75) is 25.4 Å². The number of hydrogen-bond donors (Lipinski definition) is 2. The van der Waals surface area contributed by atoms with Crippen molar-refractivity contribution in [1.82, 2.24) is 15.2 Å². The summed E-state index contributed by atoms with van der Waals surface area (Å²) >= 11 is 0. The largest absolute Gasteiger partial charge is 0.349 e. The van der Waals surface area contributed by atoms with E-state index in [1.807, 2.05) is 41.1 Å². The Balaban J connectivity index is 1.62. The summed E-state index contributed by atoms with van der Waals surface area (Å²) in [5.41, 5.74) is 1.91. The molecule has 4 heteroatoms. The average Bonchev–Trinajstić information content (AvgIpc) is 3.17. The first kappa shape index (κ1) is 13.9. The van der Waals surface area contributed by atoms with Crippen LogP contribution in [0.1, 0.15) is 28.9 Å². The SMILES string of the molecule is O=C(NCC1CCCN1)c1cccn1Cc1ccccc1. The first-order chi connectivity index (χ1) is 10.3. The van der Waals surface area contributed by atoms with E-state index in [1.54, 1.807) is 0 Å². The number of aromatic nitrogens is 1. The average molecular weight is 283 g/mol. The van der Waals surface area contributed by atoms with Gasteiger partial charge in [-0.1, -0.05) is 30.3 Å². The van der Waals surface area contributed by atoms with E-state index in [0.29, 0.717) is 12.6 Å². The smallest absolute Gasteiger partial charge is 0.267 e. The number of benzene rings is 1. The zero-order valence-corrected chi connectivity index (χ0v) is 12.1. The van der Waals surface area contributed by atoms with E-state index >= 15 is 0 Å². The molecule has 3 rings (SSSR count). The van der Waals surface area contributed by atoms with E-state index in [9.17, 15) is 4.79 Å². The summed E-state index contributed by atoms with van der Waals surface area (Å²) in [4.78, 5) is 12.3. The second-order valence-corrected chi connectivity index (χ2v) is 5.51. The zero-order valence-electron chi connectivity index (χ0n) is 12.1. The standard InChI is InChI=1S/C17H21N3O/c21-17(19-12-15-8-4-10-18-15)16-9-5-11-20(16)13-14-6-2-1-3-7-14/h1-3,5-7,9,11,15,18H,4,8,10,12-13H2,(H,19,21). The lowest BCUT2D eigenvalue weighted by Crippen LogP contribution is -2.37. The molecule has 1 aliphatic heterocycles. The lowest BCUT2D eigenvalue weighted by molar-refractivity contribution is 0.0941.